The van der Waals surface area contributed by atoms with Gasteiger partial charge >= 0.3 is 0 Å². The summed E-state index contributed by atoms with van der Waals surface area (Å²) >= 11 is 0. The van der Waals surface area contributed by atoms with Crippen LogP contribution in [0.5, 0.6) is 0 Å². The Bertz CT molecular complexity index is 354. The molecule has 0 fully saturated rings. The molecule has 0 heterocycles. The van der Waals surface area contributed by atoms with Gasteiger partial charge in [0, 0.05) is 32.8 Å². The minimum atomic E-state index is 0.586. The standard InChI is InChI=1S/C16H28N2O/c1-5-14(2)18(9-10-19-4)13-16-8-6-7-15(11-16)12-17-3/h6-8,11,14,17H,5,9-10,12-13H2,1-4H3. The predicted octanol–water partition coefficient (Wildman–Crippen LogP) is 2.65. The first-order valence-electron chi connectivity index (χ1n) is 7.16. The van der Waals surface area contributed by atoms with Crippen molar-refractivity contribution in [2.75, 3.05) is 27.3 Å². The molecule has 1 aromatic carbocycles. The molecule has 0 aliphatic carbocycles. The van der Waals surface area contributed by atoms with Crippen LogP contribution in [0.2, 0.25) is 0 Å². The lowest BCUT2D eigenvalue weighted by atomic mass is 10.1. The third kappa shape index (κ3) is 5.72. The topological polar surface area (TPSA) is 24.5 Å². The monoisotopic (exact) mass is 264 g/mol. The largest absolute Gasteiger partial charge is 0.383 e. The van der Waals surface area contributed by atoms with Gasteiger partial charge in [-0.1, -0.05) is 31.2 Å². The van der Waals surface area contributed by atoms with Gasteiger partial charge in [-0.15, -0.1) is 0 Å². The molecule has 0 radical (unpaired) electrons. The van der Waals surface area contributed by atoms with Gasteiger partial charge in [-0.3, -0.25) is 4.90 Å². The van der Waals surface area contributed by atoms with E-state index in [1.165, 1.54) is 17.5 Å². The van der Waals surface area contributed by atoms with Crippen molar-refractivity contribution in [3.8, 4) is 0 Å². The van der Waals surface area contributed by atoms with Crippen molar-refractivity contribution < 1.29 is 4.74 Å². The van der Waals surface area contributed by atoms with Gasteiger partial charge in [0.05, 0.1) is 6.61 Å². The summed E-state index contributed by atoms with van der Waals surface area (Å²) in [5, 5.41) is 3.20. The maximum atomic E-state index is 5.22. The number of hydrogen-bond acceptors (Lipinski definition) is 3. The smallest absolute Gasteiger partial charge is 0.0589 e. The van der Waals surface area contributed by atoms with Crippen molar-refractivity contribution in [2.45, 2.75) is 39.4 Å². The highest BCUT2D eigenvalue weighted by Crippen LogP contribution is 2.12. The zero-order valence-electron chi connectivity index (χ0n) is 12.8. The molecule has 108 valence electrons. The van der Waals surface area contributed by atoms with E-state index in [-0.39, 0.29) is 0 Å². The van der Waals surface area contributed by atoms with E-state index in [1.807, 2.05) is 7.05 Å². The summed E-state index contributed by atoms with van der Waals surface area (Å²) in [7, 11) is 3.75. The number of hydrogen-bond donors (Lipinski definition) is 1. The van der Waals surface area contributed by atoms with E-state index in [0.29, 0.717) is 6.04 Å². The van der Waals surface area contributed by atoms with Crippen LogP contribution in [-0.2, 0) is 17.8 Å². The molecule has 0 aliphatic rings. The first-order chi connectivity index (χ1) is 9.21. The molecule has 19 heavy (non-hydrogen) atoms. The average Bonchev–Trinajstić information content (AvgIpc) is 2.43. The zero-order chi connectivity index (χ0) is 14.1. The fraction of sp³-hybridized carbons (Fsp3) is 0.625. The number of benzene rings is 1. The highest BCUT2D eigenvalue weighted by molar-refractivity contribution is 5.23. The number of nitrogens with one attached hydrogen (secondary N) is 1. The molecule has 0 aliphatic heterocycles. The van der Waals surface area contributed by atoms with E-state index in [2.05, 4.69) is 48.3 Å². The highest BCUT2D eigenvalue weighted by atomic mass is 16.5. The van der Waals surface area contributed by atoms with Crippen LogP contribution >= 0.6 is 0 Å². The van der Waals surface area contributed by atoms with E-state index >= 15 is 0 Å². The van der Waals surface area contributed by atoms with E-state index < -0.39 is 0 Å². The summed E-state index contributed by atoms with van der Waals surface area (Å²) < 4.78 is 5.22. The van der Waals surface area contributed by atoms with Gasteiger partial charge in [0.2, 0.25) is 0 Å². The molecule has 3 nitrogen and oxygen atoms in total. The number of nitrogens with zero attached hydrogens (tertiary/aromatic N) is 1. The summed E-state index contributed by atoms with van der Waals surface area (Å²) in [6, 6.07) is 9.40. The second kappa shape index (κ2) is 9.08. The Morgan fingerprint density at radius 3 is 2.68 bits per heavy atom. The second-order valence-corrected chi connectivity index (χ2v) is 5.07. The molecule has 0 saturated heterocycles. The second-order valence-electron chi connectivity index (χ2n) is 5.07. The average molecular weight is 264 g/mol. The molecule has 3 heteroatoms. The van der Waals surface area contributed by atoms with Gasteiger partial charge in [-0.2, -0.15) is 0 Å². The molecule has 0 aromatic heterocycles. The maximum Gasteiger partial charge on any atom is 0.0589 e. The van der Waals surface area contributed by atoms with E-state index in [4.69, 9.17) is 4.74 Å². The van der Waals surface area contributed by atoms with Crippen molar-refractivity contribution in [3.63, 3.8) is 0 Å². The molecular formula is C16H28N2O. The number of methoxy groups -OCH3 is 1. The first kappa shape index (κ1) is 16.2. The Morgan fingerprint density at radius 1 is 1.32 bits per heavy atom. The third-order valence-corrected chi connectivity index (χ3v) is 3.55. The van der Waals surface area contributed by atoms with Gasteiger partial charge < -0.3 is 10.1 Å². The molecule has 1 rings (SSSR count). The quantitative estimate of drug-likeness (QED) is 0.742. The van der Waals surface area contributed by atoms with Crippen molar-refractivity contribution in [2.24, 2.45) is 0 Å². The van der Waals surface area contributed by atoms with E-state index in [9.17, 15) is 0 Å². The predicted molar refractivity (Wildman–Crippen MR) is 81.2 cm³/mol. The SMILES string of the molecule is CCC(C)N(CCOC)Cc1cccc(CNC)c1. The number of rotatable bonds is 9. The van der Waals surface area contributed by atoms with Gasteiger partial charge in [-0.05, 0) is 31.5 Å². The molecular weight excluding hydrogens is 236 g/mol. The van der Waals surface area contributed by atoms with E-state index in [1.54, 1.807) is 7.11 Å². The fourth-order valence-corrected chi connectivity index (χ4v) is 2.20. The van der Waals surface area contributed by atoms with E-state index in [0.717, 1.165) is 26.2 Å². The summed E-state index contributed by atoms with van der Waals surface area (Å²) in [6.07, 6.45) is 1.17. The maximum absolute atomic E-state index is 5.22. The van der Waals surface area contributed by atoms with Gasteiger partial charge in [-0.25, -0.2) is 0 Å². The highest BCUT2D eigenvalue weighted by Gasteiger charge is 2.12. The van der Waals surface area contributed by atoms with Crippen LogP contribution in [0, 0.1) is 0 Å². The summed E-state index contributed by atoms with van der Waals surface area (Å²) in [6.45, 7) is 8.22. The van der Waals surface area contributed by atoms with Crippen LogP contribution in [0.4, 0.5) is 0 Å². The Balaban J connectivity index is 2.68. The minimum absolute atomic E-state index is 0.586. The van der Waals surface area contributed by atoms with Crippen molar-refractivity contribution in [3.05, 3.63) is 35.4 Å². The van der Waals surface area contributed by atoms with Crippen molar-refractivity contribution in [1.29, 1.82) is 0 Å². The van der Waals surface area contributed by atoms with Crippen LogP contribution in [0.3, 0.4) is 0 Å². The molecule has 1 N–H and O–H groups in total. The van der Waals surface area contributed by atoms with Gasteiger partial charge in [0.1, 0.15) is 0 Å². The minimum Gasteiger partial charge on any atom is -0.383 e. The first-order valence-corrected chi connectivity index (χ1v) is 7.16. The molecule has 0 spiro atoms. The summed E-state index contributed by atoms with van der Waals surface area (Å²) in [4.78, 5) is 2.49. The Hall–Kier alpha value is -0.900. The Labute approximate surface area is 118 Å². The third-order valence-electron chi connectivity index (χ3n) is 3.55. The summed E-state index contributed by atoms with van der Waals surface area (Å²) in [5.74, 6) is 0. The molecule has 1 atom stereocenters. The number of ether oxygens (including phenoxy) is 1. The van der Waals surface area contributed by atoms with Crippen molar-refractivity contribution in [1.82, 2.24) is 10.2 Å². The fourth-order valence-electron chi connectivity index (χ4n) is 2.20. The lowest BCUT2D eigenvalue weighted by Crippen LogP contribution is -2.34. The lowest BCUT2D eigenvalue weighted by molar-refractivity contribution is 0.118. The lowest BCUT2D eigenvalue weighted by Gasteiger charge is -2.28. The molecule has 0 saturated carbocycles. The normalized spacial score (nSPS) is 12.9. The van der Waals surface area contributed by atoms with Gasteiger partial charge in [0.25, 0.3) is 0 Å². The van der Waals surface area contributed by atoms with Crippen LogP contribution in [0.1, 0.15) is 31.4 Å². The summed E-state index contributed by atoms with van der Waals surface area (Å²) in [5.41, 5.74) is 2.72. The molecule has 1 unspecified atom stereocenters. The molecule has 0 amide bonds. The molecule has 1 aromatic rings. The van der Waals surface area contributed by atoms with Gasteiger partial charge in [0.15, 0.2) is 0 Å². The Kier molecular flexibility index (Phi) is 7.72. The van der Waals surface area contributed by atoms with Crippen LogP contribution in [0.25, 0.3) is 0 Å². The van der Waals surface area contributed by atoms with Crippen LogP contribution in [-0.4, -0.2) is 38.3 Å². The zero-order valence-corrected chi connectivity index (χ0v) is 12.8. The van der Waals surface area contributed by atoms with Crippen LogP contribution in [0.15, 0.2) is 24.3 Å². The molecule has 0 bridgehead atoms. The van der Waals surface area contributed by atoms with Crippen molar-refractivity contribution >= 4 is 0 Å². The Morgan fingerprint density at radius 2 is 2.05 bits per heavy atom. The van der Waals surface area contributed by atoms with Crippen LogP contribution < -0.4 is 5.32 Å².